The zero-order chi connectivity index (χ0) is 22.4. The van der Waals surface area contributed by atoms with Crippen molar-refractivity contribution in [3.8, 4) is 0 Å². The number of likely N-dealkylation sites (tertiary alicyclic amines) is 1. The van der Waals surface area contributed by atoms with Crippen molar-refractivity contribution < 1.29 is 0 Å². The molecule has 0 radical (unpaired) electrons. The van der Waals surface area contributed by atoms with Crippen molar-refractivity contribution in [1.29, 1.82) is 0 Å². The SMILES string of the molecule is CN1C(N2CCC(N)CC2)=NC=C(C2=CC3C(=CN(C)N3C)C=C2)C1c1ccc(N)cc1. The number of hydrogen-bond acceptors (Lipinski definition) is 7. The van der Waals surface area contributed by atoms with Gasteiger partial charge in [0.25, 0.3) is 0 Å². The molecule has 4 N–H and O–H groups in total. The molecule has 0 saturated carbocycles. The summed E-state index contributed by atoms with van der Waals surface area (Å²) in [6, 6.07) is 8.83. The normalized spacial score (nSPS) is 26.6. The molecule has 3 heterocycles. The minimum absolute atomic E-state index is 0.0598. The monoisotopic (exact) mass is 431 g/mol. The van der Waals surface area contributed by atoms with Crippen molar-refractivity contribution in [1.82, 2.24) is 19.8 Å². The van der Waals surface area contributed by atoms with Gasteiger partial charge in [-0.1, -0.05) is 30.4 Å². The molecule has 0 amide bonds. The third kappa shape index (κ3) is 3.61. The molecule has 0 spiro atoms. The number of nitrogen functional groups attached to an aromatic ring is 1. The third-order valence-corrected chi connectivity index (χ3v) is 7.09. The van der Waals surface area contributed by atoms with Gasteiger partial charge in [-0.3, -0.25) is 0 Å². The summed E-state index contributed by atoms with van der Waals surface area (Å²) in [6.07, 6.45) is 13.0. The van der Waals surface area contributed by atoms with E-state index in [2.05, 4.69) is 83.7 Å². The average molecular weight is 432 g/mol. The molecule has 168 valence electrons. The fraction of sp³-hybridized carbons (Fsp3) is 0.400. The van der Waals surface area contributed by atoms with Crippen molar-refractivity contribution in [3.05, 3.63) is 77.2 Å². The molecule has 32 heavy (non-hydrogen) atoms. The van der Waals surface area contributed by atoms with Gasteiger partial charge in [-0.25, -0.2) is 10.0 Å². The van der Waals surface area contributed by atoms with Crippen LogP contribution in [0.2, 0.25) is 0 Å². The van der Waals surface area contributed by atoms with Crippen molar-refractivity contribution in [2.45, 2.75) is 31.0 Å². The molecule has 7 nitrogen and oxygen atoms in total. The Morgan fingerprint density at radius 1 is 1.00 bits per heavy atom. The quantitative estimate of drug-likeness (QED) is 0.701. The summed E-state index contributed by atoms with van der Waals surface area (Å²) in [5.41, 5.74) is 17.9. The summed E-state index contributed by atoms with van der Waals surface area (Å²) in [7, 11) is 6.35. The van der Waals surface area contributed by atoms with Crippen LogP contribution in [0.3, 0.4) is 0 Å². The Bertz CT molecular complexity index is 1020. The summed E-state index contributed by atoms with van der Waals surface area (Å²) in [6.45, 7) is 1.88. The highest BCUT2D eigenvalue weighted by molar-refractivity contribution is 5.83. The third-order valence-electron chi connectivity index (χ3n) is 7.09. The predicted molar refractivity (Wildman–Crippen MR) is 130 cm³/mol. The number of nitrogens with zero attached hydrogens (tertiary/aromatic N) is 5. The number of benzene rings is 1. The van der Waals surface area contributed by atoms with E-state index in [1.807, 2.05) is 12.1 Å². The minimum atomic E-state index is 0.0598. The lowest BCUT2D eigenvalue weighted by molar-refractivity contribution is 0.0897. The molecular formula is C25H33N7. The van der Waals surface area contributed by atoms with Gasteiger partial charge in [0, 0.05) is 63.9 Å². The Balaban J connectivity index is 1.53. The lowest BCUT2D eigenvalue weighted by Crippen LogP contribution is -2.50. The highest BCUT2D eigenvalue weighted by atomic mass is 15.6. The van der Waals surface area contributed by atoms with E-state index in [0.29, 0.717) is 6.04 Å². The fourth-order valence-electron chi connectivity index (χ4n) is 5.08. The zero-order valence-corrected chi connectivity index (χ0v) is 19.1. The molecule has 1 fully saturated rings. The molecule has 4 aliphatic rings. The fourth-order valence-corrected chi connectivity index (χ4v) is 5.08. The number of nitrogens with two attached hydrogens (primary N) is 2. The number of fused-ring (bicyclic) bond motifs is 1. The van der Waals surface area contributed by atoms with Crippen LogP contribution in [0.25, 0.3) is 0 Å². The van der Waals surface area contributed by atoms with Gasteiger partial charge in [-0.05, 0) is 41.7 Å². The van der Waals surface area contributed by atoms with E-state index < -0.39 is 0 Å². The van der Waals surface area contributed by atoms with E-state index in [-0.39, 0.29) is 12.1 Å². The van der Waals surface area contributed by atoms with Gasteiger partial charge in [0.15, 0.2) is 0 Å². The lowest BCUT2D eigenvalue weighted by atomic mass is 9.87. The topological polar surface area (TPSA) is 77.4 Å². The summed E-state index contributed by atoms with van der Waals surface area (Å²) in [5.74, 6) is 1.01. The predicted octanol–water partition coefficient (Wildman–Crippen LogP) is 2.46. The zero-order valence-electron chi connectivity index (χ0n) is 19.1. The van der Waals surface area contributed by atoms with E-state index in [1.165, 1.54) is 22.3 Å². The average Bonchev–Trinajstić information content (AvgIpc) is 3.08. The molecule has 0 aromatic heterocycles. The standard InChI is InChI=1S/C25H33N7/c1-29-16-19-5-4-18(14-23(19)31(29)3)22-15-28-25(32-12-10-21(27)11-13-32)30(2)24(22)17-6-8-20(26)9-7-17/h4-9,14-16,21,23-24H,10-13,26-27H2,1-3H3. The van der Waals surface area contributed by atoms with E-state index in [9.17, 15) is 0 Å². The highest BCUT2D eigenvalue weighted by Gasteiger charge is 2.34. The molecule has 0 bridgehead atoms. The number of guanidine groups is 1. The maximum absolute atomic E-state index is 6.15. The maximum atomic E-state index is 6.15. The summed E-state index contributed by atoms with van der Waals surface area (Å²) < 4.78 is 0. The van der Waals surface area contributed by atoms with Crippen LogP contribution in [0.5, 0.6) is 0 Å². The number of rotatable bonds is 2. The van der Waals surface area contributed by atoms with Gasteiger partial charge in [0.2, 0.25) is 5.96 Å². The van der Waals surface area contributed by atoms with Gasteiger partial charge in [-0.15, -0.1) is 0 Å². The Morgan fingerprint density at radius 3 is 2.44 bits per heavy atom. The van der Waals surface area contributed by atoms with Gasteiger partial charge < -0.3 is 26.3 Å². The van der Waals surface area contributed by atoms with Crippen LogP contribution in [-0.4, -0.2) is 72.1 Å². The first kappa shape index (κ1) is 20.8. The van der Waals surface area contributed by atoms with Crippen LogP contribution in [0, 0.1) is 0 Å². The molecule has 1 saturated heterocycles. The first-order valence-corrected chi connectivity index (χ1v) is 11.4. The minimum Gasteiger partial charge on any atom is -0.399 e. The largest absolute Gasteiger partial charge is 0.399 e. The van der Waals surface area contributed by atoms with Gasteiger partial charge in [-0.2, -0.15) is 0 Å². The second kappa shape index (κ2) is 8.15. The Morgan fingerprint density at radius 2 is 1.72 bits per heavy atom. The summed E-state index contributed by atoms with van der Waals surface area (Å²) >= 11 is 0. The second-order valence-corrected chi connectivity index (χ2v) is 9.19. The van der Waals surface area contributed by atoms with Crippen LogP contribution in [0.4, 0.5) is 5.69 Å². The van der Waals surface area contributed by atoms with Gasteiger partial charge >= 0.3 is 0 Å². The summed E-state index contributed by atoms with van der Waals surface area (Å²) in [5, 5.41) is 4.38. The van der Waals surface area contributed by atoms with E-state index in [4.69, 9.17) is 16.5 Å². The van der Waals surface area contributed by atoms with Crippen molar-refractivity contribution in [2.24, 2.45) is 10.7 Å². The van der Waals surface area contributed by atoms with Crippen LogP contribution >= 0.6 is 0 Å². The first-order valence-electron chi connectivity index (χ1n) is 11.4. The van der Waals surface area contributed by atoms with E-state index in [1.54, 1.807) is 0 Å². The molecular weight excluding hydrogens is 398 g/mol. The van der Waals surface area contributed by atoms with E-state index >= 15 is 0 Å². The number of anilines is 1. The first-order chi connectivity index (χ1) is 15.4. The van der Waals surface area contributed by atoms with Crippen LogP contribution in [-0.2, 0) is 0 Å². The Hall–Kier alpha value is -3.03. The van der Waals surface area contributed by atoms with Crippen molar-refractivity contribution in [2.75, 3.05) is 40.0 Å². The molecule has 5 rings (SSSR count). The van der Waals surface area contributed by atoms with Crippen LogP contribution < -0.4 is 11.5 Å². The molecule has 1 aliphatic carbocycles. The van der Waals surface area contributed by atoms with Crippen molar-refractivity contribution >= 4 is 11.6 Å². The maximum Gasteiger partial charge on any atom is 0.201 e. The number of hydrogen-bond donors (Lipinski definition) is 2. The lowest BCUT2D eigenvalue weighted by Gasteiger charge is -2.42. The smallest absolute Gasteiger partial charge is 0.201 e. The Labute approximate surface area is 190 Å². The number of aliphatic imine (C=N–C) groups is 1. The van der Waals surface area contributed by atoms with E-state index in [0.717, 1.165) is 37.6 Å². The van der Waals surface area contributed by atoms with Crippen LogP contribution in [0.1, 0.15) is 24.4 Å². The number of hydrazine groups is 1. The Kier molecular flexibility index (Phi) is 5.31. The number of likely N-dealkylation sites (N-methyl/N-ethyl adjacent to an activating group) is 2. The second-order valence-electron chi connectivity index (χ2n) is 9.19. The molecule has 1 aromatic carbocycles. The molecule has 7 heteroatoms. The molecule has 2 atom stereocenters. The number of piperidine rings is 1. The van der Waals surface area contributed by atoms with Crippen molar-refractivity contribution in [3.63, 3.8) is 0 Å². The molecule has 3 aliphatic heterocycles. The molecule has 2 unspecified atom stereocenters. The van der Waals surface area contributed by atoms with Gasteiger partial charge in [0.05, 0.1) is 12.1 Å². The highest BCUT2D eigenvalue weighted by Crippen LogP contribution is 2.39. The molecule has 1 aromatic rings. The van der Waals surface area contributed by atoms with Crippen LogP contribution in [0.15, 0.2) is 76.6 Å². The number of allylic oxidation sites excluding steroid dienone is 1. The van der Waals surface area contributed by atoms with Gasteiger partial charge in [0.1, 0.15) is 0 Å². The summed E-state index contributed by atoms with van der Waals surface area (Å²) in [4.78, 5) is 9.63.